The summed E-state index contributed by atoms with van der Waals surface area (Å²) in [4.78, 5) is 10.5. The minimum atomic E-state index is -0.862. The maximum Gasteiger partial charge on any atom is 0.303 e. The van der Waals surface area contributed by atoms with Crippen molar-refractivity contribution < 1.29 is 19.0 Å². The minimum Gasteiger partial charge on any atom is -0.494 e. The fourth-order valence-electron chi connectivity index (χ4n) is 1.64. The molecule has 17 heavy (non-hydrogen) atoms. The number of hydrogen-bond acceptors (Lipinski definition) is 3. The third-order valence-electron chi connectivity index (χ3n) is 2.57. The van der Waals surface area contributed by atoms with Gasteiger partial charge in [0.2, 0.25) is 0 Å². The Balaban J connectivity index is 2.81. The Kier molecular flexibility index (Phi) is 4.90. The monoisotopic (exact) mass is 241 g/mol. The van der Waals surface area contributed by atoms with Gasteiger partial charge in [0.15, 0.2) is 11.6 Å². The van der Waals surface area contributed by atoms with E-state index in [1.165, 1.54) is 19.2 Å². The summed E-state index contributed by atoms with van der Waals surface area (Å²) in [5, 5.41) is 11.6. The molecule has 0 aliphatic heterocycles. The normalized spacial score (nSPS) is 12.2. The van der Waals surface area contributed by atoms with Gasteiger partial charge < -0.3 is 15.2 Å². The highest BCUT2D eigenvalue weighted by molar-refractivity contribution is 5.66. The number of hydrogen-bond donors (Lipinski definition) is 2. The van der Waals surface area contributed by atoms with Gasteiger partial charge >= 0.3 is 5.97 Å². The van der Waals surface area contributed by atoms with Gasteiger partial charge in [-0.05, 0) is 31.2 Å². The van der Waals surface area contributed by atoms with Crippen LogP contribution in [-0.4, -0.2) is 25.2 Å². The Hall–Kier alpha value is -1.62. The lowest BCUT2D eigenvalue weighted by Gasteiger charge is -2.16. The van der Waals surface area contributed by atoms with E-state index in [2.05, 4.69) is 5.32 Å². The van der Waals surface area contributed by atoms with E-state index < -0.39 is 11.8 Å². The van der Waals surface area contributed by atoms with E-state index in [1.807, 2.05) is 0 Å². The molecule has 0 aliphatic carbocycles. The van der Waals surface area contributed by atoms with Crippen LogP contribution >= 0.6 is 0 Å². The van der Waals surface area contributed by atoms with Crippen molar-refractivity contribution in [2.75, 3.05) is 14.2 Å². The van der Waals surface area contributed by atoms with Gasteiger partial charge in [-0.3, -0.25) is 4.79 Å². The van der Waals surface area contributed by atoms with Crippen molar-refractivity contribution in [1.82, 2.24) is 5.32 Å². The lowest BCUT2D eigenvalue weighted by atomic mass is 10.0. The summed E-state index contributed by atoms with van der Waals surface area (Å²) in [5.41, 5.74) is 0.715. The summed E-state index contributed by atoms with van der Waals surface area (Å²) in [6.45, 7) is 0. The van der Waals surface area contributed by atoms with E-state index in [0.717, 1.165) is 0 Å². The smallest absolute Gasteiger partial charge is 0.303 e. The van der Waals surface area contributed by atoms with Crippen LogP contribution in [0, 0.1) is 5.82 Å². The standard InChI is InChI=1S/C12H16FNO3/c1-14-10(4-6-12(15)16)8-3-5-11(17-2)9(13)7-8/h3,5,7,10,14H,4,6H2,1-2H3,(H,15,16). The van der Waals surface area contributed by atoms with E-state index in [4.69, 9.17) is 9.84 Å². The molecule has 0 spiro atoms. The molecule has 0 amide bonds. The van der Waals surface area contributed by atoms with E-state index in [1.54, 1.807) is 13.1 Å². The van der Waals surface area contributed by atoms with E-state index in [-0.39, 0.29) is 18.2 Å². The van der Waals surface area contributed by atoms with Crippen molar-refractivity contribution in [1.29, 1.82) is 0 Å². The molecule has 1 rings (SSSR count). The van der Waals surface area contributed by atoms with Crippen LogP contribution in [0.5, 0.6) is 5.75 Å². The molecule has 1 unspecified atom stereocenters. The molecule has 1 aromatic rings. The Morgan fingerprint density at radius 2 is 2.29 bits per heavy atom. The largest absolute Gasteiger partial charge is 0.494 e. The van der Waals surface area contributed by atoms with Gasteiger partial charge in [0.1, 0.15) is 0 Å². The number of ether oxygens (including phenoxy) is 1. The van der Waals surface area contributed by atoms with E-state index in [0.29, 0.717) is 12.0 Å². The average Bonchev–Trinajstić information content (AvgIpc) is 2.29. The molecule has 5 heteroatoms. The summed E-state index contributed by atoms with van der Waals surface area (Å²) in [6, 6.07) is 4.45. The Bertz CT molecular complexity index is 395. The molecule has 4 nitrogen and oxygen atoms in total. The van der Waals surface area contributed by atoms with Crippen LogP contribution < -0.4 is 10.1 Å². The molecule has 0 bridgehead atoms. The first-order valence-electron chi connectivity index (χ1n) is 5.31. The summed E-state index contributed by atoms with van der Waals surface area (Å²) in [5.74, 6) is -1.12. The fourth-order valence-corrected chi connectivity index (χ4v) is 1.64. The maximum atomic E-state index is 13.5. The number of rotatable bonds is 6. The highest BCUT2D eigenvalue weighted by Gasteiger charge is 2.13. The summed E-state index contributed by atoms with van der Waals surface area (Å²) >= 11 is 0. The van der Waals surface area contributed by atoms with Gasteiger partial charge in [-0.15, -0.1) is 0 Å². The van der Waals surface area contributed by atoms with Gasteiger partial charge in [0, 0.05) is 12.5 Å². The van der Waals surface area contributed by atoms with Crippen molar-refractivity contribution >= 4 is 5.97 Å². The fraction of sp³-hybridized carbons (Fsp3) is 0.417. The minimum absolute atomic E-state index is 0.0408. The quantitative estimate of drug-likeness (QED) is 0.799. The molecule has 0 saturated heterocycles. The second-order valence-corrected chi connectivity index (χ2v) is 3.67. The second-order valence-electron chi connectivity index (χ2n) is 3.67. The maximum absolute atomic E-state index is 13.5. The van der Waals surface area contributed by atoms with E-state index in [9.17, 15) is 9.18 Å². The molecule has 0 fully saturated rings. The number of benzene rings is 1. The number of aliphatic carboxylic acids is 1. The zero-order valence-electron chi connectivity index (χ0n) is 9.87. The van der Waals surface area contributed by atoms with Gasteiger partial charge in [-0.25, -0.2) is 4.39 Å². The summed E-state index contributed by atoms with van der Waals surface area (Å²) in [7, 11) is 3.12. The lowest BCUT2D eigenvalue weighted by molar-refractivity contribution is -0.137. The summed E-state index contributed by atoms with van der Waals surface area (Å²) in [6.07, 6.45) is 0.455. The number of carbonyl (C=O) groups is 1. The van der Waals surface area contributed by atoms with Crippen molar-refractivity contribution in [3.63, 3.8) is 0 Å². The number of carboxylic acid groups (broad SMARTS) is 1. The van der Waals surface area contributed by atoms with Crippen LogP contribution in [0.1, 0.15) is 24.4 Å². The highest BCUT2D eigenvalue weighted by atomic mass is 19.1. The molecule has 0 aliphatic rings. The third-order valence-corrected chi connectivity index (χ3v) is 2.57. The zero-order chi connectivity index (χ0) is 12.8. The predicted octanol–water partition coefficient (Wildman–Crippen LogP) is 1.96. The molecule has 1 aromatic carbocycles. The van der Waals surface area contributed by atoms with Crippen LogP contribution in [0.25, 0.3) is 0 Å². The first-order chi connectivity index (χ1) is 8.08. The summed E-state index contributed by atoms with van der Waals surface area (Å²) < 4.78 is 18.3. The van der Waals surface area contributed by atoms with Gasteiger partial charge in [0.05, 0.1) is 7.11 Å². The molecule has 94 valence electrons. The zero-order valence-corrected chi connectivity index (χ0v) is 9.87. The Morgan fingerprint density at radius 1 is 1.59 bits per heavy atom. The van der Waals surface area contributed by atoms with E-state index >= 15 is 0 Å². The molecular formula is C12H16FNO3. The molecule has 1 atom stereocenters. The number of halogens is 1. The molecule has 0 saturated carbocycles. The third kappa shape index (κ3) is 3.71. The topological polar surface area (TPSA) is 58.6 Å². The molecule has 2 N–H and O–H groups in total. The Morgan fingerprint density at radius 3 is 2.76 bits per heavy atom. The Labute approximate surface area is 99.4 Å². The van der Waals surface area contributed by atoms with Crippen LogP contribution in [0.3, 0.4) is 0 Å². The van der Waals surface area contributed by atoms with Crippen LogP contribution in [0.15, 0.2) is 18.2 Å². The van der Waals surface area contributed by atoms with Crippen molar-refractivity contribution in [2.45, 2.75) is 18.9 Å². The highest BCUT2D eigenvalue weighted by Crippen LogP contribution is 2.24. The van der Waals surface area contributed by atoms with Gasteiger partial charge in [-0.1, -0.05) is 6.07 Å². The SMILES string of the molecule is CNC(CCC(=O)O)c1ccc(OC)c(F)c1. The first-order valence-corrected chi connectivity index (χ1v) is 5.31. The molecule has 0 aromatic heterocycles. The van der Waals surface area contributed by atoms with Crippen LogP contribution in [0.4, 0.5) is 4.39 Å². The van der Waals surface area contributed by atoms with Crippen LogP contribution in [-0.2, 0) is 4.79 Å². The second kappa shape index (κ2) is 6.20. The molecule has 0 radical (unpaired) electrons. The van der Waals surface area contributed by atoms with Crippen LogP contribution in [0.2, 0.25) is 0 Å². The van der Waals surface area contributed by atoms with Crippen molar-refractivity contribution in [2.24, 2.45) is 0 Å². The van der Waals surface area contributed by atoms with Gasteiger partial charge in [0.25, 0.3) is 0 Å². The molecular weight excluding hydrogens is 225 g/mol. The lowest BCUT2D eigenvalue weighted by Crippen LogP contribution is -2.17. The number of carboxylic acids is 1. The average molecular weight is 241 g/mol. The van der Waals surface area contributed by atoms with Crippen molar-refractivity contribution in [3.05, 3.63) is 29.6 Å². The van der Waals surface area contributed by atoms with Gasteiger partial charge in [-0.2, -0.15) is 0 Å². The predicted molar refractivity (Wildman–Crippen MR) is 61.6 cm³/mol. The first kappa shape index (κ1) is 13.4. The van der Waals surface area contributed by atoms with Crippen molar-refractivity contribution in [3.8, 4) is 5.75 Å². The number of methoxy groups -OCH3 is 1. The number of nitrogens with one attached hydrogen (secondary N) is 1. The molecule has 0 heterocycles.